The number of carbonyl (C=O) groups excluding carboxylic acids is 1. The van der Waals surface area contributed by atoms with Crippen LogP contribution >= 0.6 is 0 Å². The smallest absolute Gasteiger partial charge is 0.323 e. The van der Waals surface area contributed by atoms with Crippen LogP contribution in [0.2, 0.25) is 0 Å². The summed E-state index contributed by atoms with van der Waals surface area (Å²) >= 11 is 0. The van der Waals surface area contributed by atoms with Crippen molar-refractivity contribution in [1.29, 1.82) is 0 Å². The fraction of sp³-hybridized carbons (Fsp3) is 0.917. The first-order valence-corrected chi connectivity index (χ1v) is 6.06. The Balaban J connectivity index is 3.97. The normalized spacial score (nSPS) is 15.2. The van der Waals surface area contributed by atoms with Crippen LogP contribution < -0.4 is 11.1 Å². The molecule has 0 bridgehead atoms. The molecule has 0 saturated heterocycles. The van der Waals surface area contributed by atoms with Crippen LogP contribution in [-0.2, 0) is 9.53 Å². The molecular formula is C12H26N2O2. The van der Waals surface area contributed by atoms with Gasteiger partial charge in [-0.3, -0.25) is 4.79 Å². The largest absolute Gasteiger partial charge is 0.463 e. The summed E-state index contributed by atoms with van der Waals surface area (Å²) in [6.45, 7) is 10.4. The molecule has 0 spiro atoms. The maximum Gasteiger partial charge on any atom is 0.323 e. The molecule has 3 N–H and O–H groups in total. The Morgan fingerprint density at radius 1 is 1.31 bits per heavy atom. The van der Waals surface area contributed by atoms with Crippen LogP contribution in [0.5, 0.6) is 0 Å². The van der Waals surface area contributed by atoms with Crippen molar-refractivity contribution >= 4 is 5.97 Å². The quantitative estimate of drug-likeness (QED) is 0.647. The summed E-state index contributed by atoms with van der Waals surface area (Å²) in [7, 11) is 0. The van der Waals surface area contributed by atoms with Gasteiger partial charge in [0.1, 0.15) is 12.6 Å². The summed E-state index contributed by atoms with van der Waals surface area (Å²) in [5.41, 5.74) is 5.69. The zero-order chi connectivity index (χ0) is 12.7. The van der Waals surface area contributed by atoms with E-state index in [1.165, 1.54) is 0 Å². The van der Waals surface area contributed by atoms with Crippen LogP contribution in [0, 0.1) is 5.92 Å². The predicted molar refractivity (Wildman–Crippen MR) is 66.1 cm³/mol. The fourth-order valence-electron chi connectivity index (χ4n) is 1.31. The molecule has 96 valence electrons. The van der Waals surface area contributed by atoms with Crippen LogP contribution in [0.4, 0.5) is 0 Å². The van der Waals surface area contributed by atoms with E-state index in [9.17, 15) is 4.79 Å². The van der Waals surface area contributed by atoms with Crippen molar-refractivity contribution in [3.63, 3.8) is 0 Å². The first-order valence-electron chi connectivity index (χ1n) is 6.06. The van der Waals surface area contributed by atoms with Gasteiger partial charge in [0, 0.05) is 12.1 Å². The molecule has 16 heavy (non-hydrogen) atoms. The van der Waals surface area contributed by atoms with Gasteiger partial charge in [-0.15, -0.1) is 0 Å². The van der Waals surface area contributed by atoms with Gasteiger partial charge < -0.3 is 15.8 Å². The first kappa shape index (κ1) is 15.4. The highest BCUT2D eigenvalue weighted by molar-refractivity contribution is 5.75. The number of rotatable bonds is 7. The van der Waals surface area contributed by atoms with Crippen LogP contribution in [0.25, 0.3) is 0 Å². The molecule has 2 atom stereocenters. The highest BCUT2D eigenvalue weighted by Gasteiger charge is 2.20. The summed E-state index contributed by atoms with van der Waals surface area (Å²) < 4.78 is 5.19. The molecule has 0 aromatic rings. The molecule has 0 fully saturated rings. The molecule has 1 unspecified atom stereocenters. The molecule has 0 aromatic carbocycles. The summed E-state index contributed by atoms with van der Waals surface area (Å²) in [6, 6.07) is 0.0855. The molecule has 0 aliphatic carbocycles. The number of nitrogens with two attached hydrogens (primary N) is 1. The number of hydrogen-bond donors (Lipinski definition) is 2. The number of ether oxygens (including phenoxy) is 1. The van der Waals surface area contributed by atoms with Gasteiger partial charge in [-0.25, -0.2) is 0 Å². The third kappa shape index (κ3) is 6.08. The number of esters is 1. The van der Waals surface area contributed by atoms with Crippen molar-refractivity contribution in [2.24, 2.45) is 11.7 Å². The predicted octanol–water partition coefficient (Wildman–Crippen LogP) is 1.29. The van der Waals surface area contributed by atoms with Gasteiger partial charge in [-0.2, -0.15) is 0 Å². The molecule has 0 aliphatic rings. The summed E-state index contributed by atoms with van der Waals surface area (Å²) in [5.74, 6) is -0.190. The van der Waals surface area contributed by atoms with E-state index < -0.39 is 6.04 Å². The Hall–Kier alpha value is -0.610. The Kier molecular flexibility index (Phi) is 7.34. The van der Waals surface area contributed by atoms with Crippen molar-refractivity contribution in [2.45, 2.75) is 59.2 Å². The lowest BCUT2D eigenvalue weighted by Crippen LogP contribution is -2.42. The van der Waals surface area contributed by atoms with E-state index in [-0.39, 0.29) is 17.9 Å². The molecule has 0 heterocycles. The molecule has 0 aliphatic heterocycles. The minimum absolute atomic E-state index is 0.116. The Morgan fingerprint density at radius 2 is 1.88 bits per heavy atom. The number of carbonyl (C=O) groups is 1. The second-order valence-corrected chi connectivity index (χ2v) is 4.83. The maximum absolute atomic E-state index is 11.5. The average Bonchev–Trinajstić information content (AvgIpc) is 2.21. The SMILES string of the molecule is CC[C@H](COC(=O)C(N)C(C)C)NC(C)C. The van der Waals surface area contributed by atoms with Crippen molar-refractivity contribution in [1.82, 2.24) is 5.32 Å². The summed E-state index contributed by atoms with van der Waals surface area (Å²) in [5, 5.41) is 3.33. The third-order valence-electron chi connectivity index (χ3n) is 2.48. The second-order valence-electron chi connectivity index (χ2n) is 4.83. The minimum atomic E-state index is -0.517. The first-order chi connectivity index (χ1) is 7.38. The van der Waals surface area contributed by atoms with E-state index in [4.69, 9.17) is 10.5 Å². The lowest BCUT2D eigenvalue weighted by molar-refractivity contribution is -0.147. The van der Waals surface area contributed by atoms with Gasteiger partial charge in [0.15, 0.2) is 0 Å². The van der Waals surface area contributed by atoms with E-state index >= 15 is 0 Å². The Morgan fingerprint density at radius 3 is 2.25 bits per heavy atom. The van der Waals surface area contributed by atoms with E-state index in [0.29, 0.717) is 12.6 Å². The van der Waals surface area contributed by atoms with Gasteiger partial charge >= 0.3 is 5.97 Å². The molecule has 0 rings (SSSR count). The maximum atomic E-state index is 11.5. The van der Waals surface area contributed by atoms with Gasteiger partial charge in [0.2, 0.25) is 0 Å². The second kappa shape index (κ2) is 7.63. The Labute approximate surface area is 98.9 Å². The van der Waals surface area contributed by atoms with Crippen LogP contribution in [0.1, 0.15) is 41.0 Å². The van der Waals surface area contributed by atoms with Crippen molar-refractivity contribution in [3.8, 4) is 0 Å². The minimum Gasteiger partial charge on any atom is -0.463 e. The molecule has 0 aromatic heterocycles. The zero-order valence-corrected chi connectivity index (χ0v) is 11.1. The van der Waals surface area contributed by atoms with Gasteiger partial charge in [0.25, 0.3) is 0 Å². The zero-order valence-electron chi connectivity index (χ0n) is 11.1. The van der Waals surface area contributed by atoms with Crippen LogP contribution in [-0.4, -0.2) is 30.7 Å². The molecule has 4 heteroatoms. The molecular weight excluding hydrogens is 204 g/mol. The molecule has 0 saturated carbocycles. The molecule has 0 amide bonds. The topological polar surface area (TPSA) is 64.3 Å². The van der Waals surface area contributed by atoms with Gasteiger partial charge in [-0.1, -0.05) is 34.6 Å². The monoisotopic (exact) mass is 230 g/mol. The van der Waals surface area contributed by atoms with E-state index in [2.05, 4.69) is 26.1 Å². The van der Waals surface area contributed by atoms with Crippen LogP contribution in [0.3, 0.4) is 0 Å². The summed E-state index contributed by atoms with van der Waals surface area (Å²) in [6.07, 6.45) is 0.933. The molecule has 4 nitrogen and oxygen atoms in total. The number of nitrogens with one attached hydrogen (secondary N) is 1. The number of hydrogen-bond acceptors (Lipinski definition) is 4. The standard InChI is InChI=1S/C12H26N2O2/c1-6-10(14-9(4)5)7-16-12(15)11(13)8(2)3/h8-11,14H,6-7,13H2,1-5H3/t10-,11?/m1/s1. The lowest BCUT2D eigenvalue weighted by Gasteiger charge is -2.21. The van der Waals surface area contributed by atoms with Crippen molar-refractivity contribution < 1.29 is 9.53 Å². The van der Waals surface area contributed by atoms with E-state index in [1.807, 2.05) is 13.8 Å². The van der Waals surface area contributed by atoms with Crippen LogP contribution in [0.15, 0.2) is 0 Å². The average molecular weight is 230 g/mol. The lowest BCUT2D eigenvalue weighted by atomic mass is 10.1. The van der Waals surface area contributed by atoms with E-state index in [1.54, 1.807) is 0 Å². The van der Waals surface area contributed by atoms with Crippen molar-refractivity contribution in [3.05, 3.63) is 0 Å². The van der Waals surface area contributed by atoms with Crippen molar-refractivity contribution in [2.75, 3.05) is 6.61 Å². The fourth-order valence-corrected chi connectivity index (χ4v) is 1.31. The summed E-state index contributed by atoms with van der Waals surface area (Å²) in [4.78, 5) is 11.5. The van der Waals surface area contributed by atoms with Gasteiger partial charge in [-0.05, 0) is 12.3 Å². The third-order valence-corrected chi connectivity index (χ3v) is 2.48. The Bertz CT molecular complexity index is 205. The molecule has 0 radical (unpaired) electrons. The highest BCUT2D eigenvalue weighted by atomic mass is 16.5. The highest BCUT2D eigenvalue weighted by Crippen LogP contribution is 2.02. The van der Waals surface area contributed by atoms with Gasteiger partial charge in [0.05, 0.1) is 0 Å². The van der Waals surface area contributed by atoms with E-state index in [0.717, 1.165) is 6.42 Å².